The Morgan fingerprint density at radius 1 is 1.18 bits per heavy atom. The van der Waals surface area contributed by atoms with Crippen molar-refractivity contribution in [1.82, 2.24) is 5.32 Å². The number of nitrogens with one attached hydrogen (secondary N) is 1. The second kappa shape index (κ2) is 9.41. The lowest BCUT2D eigenvalue weighted by Crippen LogP contribution is -2.29. The van der Waals surface area contributed by atoms with E-state index in [1.807, 2.05) is 0 Å². The van der Waals surface area contributed by atoms with Gasteiger partial charge < -0.3 is 10.1 Å². The third-order valence-corrected chi connectivity index (χ3v) is 4.17. The van der Waals surface area contributed by atoms with Crippen LogP contribution < -0.4 is 5.32 Å². The molecule has 0 saturated heterocycles. The first-order valence-electron chi connectivity index (χ1n) is 8.18. The smallest absolute Gasteiger partial charge is 0.417 e. The number of alkyl halides is 3. The van der Waals surface area contributed by atoms with Crippen molar-refractivity contribution in [2.45, 2.75) is 18.6 Å². The van der Waals surface area contributed by atoms with Gasteiger partial charge in [0.2, 0.25) is 5.91 Å². The second-order valence-electron chi connectivity index (χ2n) is 5.82. The van der Waals surface area contributed by atoms with Crippen LogP contribution in [0.4, 0.5) is 13.2 Å². The van der Waals surface area contributed by atoms with Crippen LogP contribution in [0.3, 0.4) is 0 Å². The molecule has 4 nitrogen and oxygen atoms in total. The fourth-order valence-electron chi connectivity index (χ4n) is 2.44. The molecule has 1 amide bonds. The van der Waals surface area contributed by atoms with E-state index in [4.69, 9.17) is 11.6 Å². The molecule has 0 saturated carbocycles. The molecule has 0 fully saturated rings. The van der Waals surface area contributed by atoms with Gasteiger partial charge in [0.25, 0.3) is 0 Å². The summed E-state index contributed by atoms with van der Waals surface area (Å²) in [4.78, 5) is 23.8. The number of benzene rings is 2. The van der Waals surface area contributed by atoms with Crippen LogP contribution in [0.25, 0.3) is 6.08 Å². The first-order chi connectivity index (χ1) is 13.2. The van der Waals surface area contributed by atoms with Gasteiger partial charge in [-0.25, -0.2) is 0 Å². The van der Waals surface area contributed by atoms with Gasteiger partial charge in [-0.3, -0.25) is 9.59 Å². The van der Waals surface area contributed by atoms with E-state index < -0.39 is 34.7 Å². The molecule has 2 aromatic carbocycles. The lowest BCUT2D eigenvalue weighted by atomic mass is 10.0. The van der Waals surface area contributed by atoms with Crippen LogP contribution in [-0.2, 0) is 20.5 Å². The van der Waals surface area contributed by atoms with Crippen LogP contribution in [0.1, 0.15) is 29.2 Å². The van der Waals surface area contributed by atoms with Gasteiger partial charge in [0, 0.05) is 6.08 Å². The monoisotopic (exact) mass is 411 g/mol. The van der Waals surface area contributed by atoms with E-state index >= 15 is 0 Å². The summed E-state index contributed by atoms with van der Waals surface area (Å²) >= 11 is 5.58. The molecule has 0 aromatic heterocycles. The van der Waals surface area contributed by atoms with Crippen LogP contribution in [0, 0.1) is 0 Å². The Hall–Kier alpha value is -2.80. The molecule has 0 heterocycles. The molecule has 0 aliphatic heterocycles. The van der Waals surface area contributed by atoms with Gasteiger partial charge in [-0.1, -0.05) is 48.0 Å². The summed E-state index contributed by atoms with van der Waals surface area (Å²) in [7, 11) is 1.24. The number of esters is 1. The van der Waals surface area contributed by atoms with Crippen LogP contribution >= 0.6 is 11.6 Å². The number of hydrogen-bond acceptors (Lipinski definition) is 3. The van der Waals surface area contributed by atoms with Crippen LogP contribution in [0.2, 0.25) is 5.02 Å². The van der Waals surface area contributed by atoms with E-state index in [0.717, 1.165) is 18.2 Å². The van der Waals surface area contributed by atoms with Gasteiger partial charge in [0.05, 0.1) is 30.2 Å². The Bertz CT molecular complexity index is 867. The molecule has 2 rings (SSSR count). The van der Waals surface area contributed by atoms with Crippen molar-refractivity contribution in [2.75, 3.05) is 7.11 Å². The molecule has 148 valence electrons. The van der Waals surface area contributed by atoms with Crippen molar-refractivity contribution in [3.8, 4) is 0 Å². The minimum absolute atomic E-state index is 0.0841. The van der Waals surface area contributed by atoms with E-state index in [2.05, 4.69) is 10.1 Å². The van der Waals surface area contributed by atoms with Crippen molar-refractivity contribution in [1.29, 1.82) is 0 Å². The molecule has 1 N–H and O–H groups in total. The van der Waals surface area contributed by atoms with E-state index in [-0.39, 0.29) is 12.0 Å². The first-order valence-corrected chi connectivity index (χ1v) is 8.55. The Morgan fingerprint density at radius 3 is 2.46 bits per heavy atom. The SMILES string of the molecule is COC(=O)C[C@@H](NC(=O)/C=C/c1ccc(Cl)c(C(F)(F)F)c1)c1ccccc1. The number of halogens is 4. The van der Waals surface area contributed by atoms with Crippen molar-refractivity contribution in [3.63, 3.8) is 0 Å². The van der Waals surface area contributed by atoms with E-state index in [1.165, 1.54) is 19.3 Å². The zero-order valence-corrected chi connectivity index (χ0v) is 15.6. The molecule has 28 heavy (non-hydrogen) atoms. The topological polar surface area (TPSA) is 55.4 Å². The summed E-state index contributed by atoms with van der Waals surface area (Å²) in [6.45, 7) is 0. The van der Waals surface area contributed by atoms with E-state index in [0.29, 0.717) is 5.56 Å². The maximum absolute atomic E-state index is 12.9. The summed E-state index contributed by atoms with van der Waals surface area (Å²) in [6, 6.07) is 11.5. The Morgan fingerprint density at radius 2 is 1.86 bits per heavy atom. The predicted molar refractivity (Wildman–Crippen MR) is 99.4 cm³/mol. The lowest BCUT2D eigenvalue weighted by molar-refractivity contribution is -0.141. The number of amides is 1. The fraction of sp³-hybridized carbons (Fsp3) is 0.200. The molecule has 0 spiro atoms. The molecule has 0 radical (unpaired) electrons. The number of ether oxygens (including phenoxy) is 1. The third kappa shape index (κ3) is 6.13. The van der Waals surface area contributed by atoms with Crippen LogP contribution in [-0.4, -0.2) is 19.0 Å². The molecular weight excluding hydrogens is 395 g/mol. The predicted octanol–water partition coefficient (Wildman–Crippen LogP) is 4.79. The molecular formula is C20H17ClF3NO3. The minimum Gasteiger partial charge on any atom is -0.469 e. The summed E-state index contributed by atoms with van der Waals surface area (Å²) in [5.74, 6) is -1.08. The summed E-state index contributed by atoms with van der Waals surface area (Å²) in [5.41, 5.74) is -0.124. The molecule has 0 bridgehead atoms. The highest BCUT2D eigenvalue weighted by molar-refractivity contribution is 6.31. The number of carbonyl (C=O) groups excluding carboxylic acids is 2. The summed E-state index contributed by atoms with van der Waals surface area (Å²) < 4.78 is 43.4. The summed E-state index contributed by atoms with van der Waals surface area (Å²) in [5, 5.41) is 2.23. The van der Waals surface area contributed by atoms with Gasteiger partial charge in [0.15, 0.2) is 0 Å². The quantitative estimate of drug-likeness (QED) is 0.549. The molecule has 0 aliphatic carbocycles. The average Bonchev–Trinajstić information content (AvgIpc) is 2.66. The highest BCUT2D eigenvalue weighted by Gasteiger charge is 2.33. The number of carbonyl (C=O) groups is 2. The number of rotatable bonds is 6. The lowest BCUT2D eigenvalue weighted by Gasteiger charge is -2.17. The fourth-order valence-corrected chi connectivity index (χ4v) is 2.67. The van der Waals surface area contributed by atoms with Crippen molar-refractivity contribution in [3.05, 3.63) is 76.3 Å². The Kier molecular flexibility index (Phi) is 7.23. The molecule has 2 aromatic rings. The van der Waals surface area contributed by atoms with Crippen molar-refractivity contribution in [2.24, 2.45) is 0 Å². The van der Waals surface area contributed by atoms with Crippen molar-refractivity contribution < 1.29 is 27.5 Å². The maximum atomic E-state index is 12.9. The maximum Gasteiger partial charge on any atom is 0.417 e. The largest absolute Gasteiger partial charge is 0.469 e. The zero-order valence-electron chi connectivity index (χ0n) is 14.8. The average molecular weight is 412 g/mol. The van der Waals surface area contributed by atoms with Gasteiger partial charge >= 0.3 is 12.1 Å². The summed E-state index contributed by atoms with van der Waals surface area (Å²) in [6.07, 6.45) is -2.35. The van der Waals surface area contributed by atoms with Crippen LogP contribution in [0.5, 0.6) is 0 Å². The van der Waals surface area contributed by atoms with Gasteiger partial charge in [-0.05, 0) is 29.3 Å². The zero-order chi connectivity index (χ0) is 20.7. The Balaban J connectivity index is 2.15. The van der Waals surface area contributed by atoms with Gasteiger partial charge in [-0.2, -0.15) is 13.2 Å². The first kappa shape index (κ1) is 21.5. The number of methoxy groups -OCH3 is 1. The normalized spacial score (nSPS) is 12.6. The second-order valence-corrected chi connectivity index (χ2v) is 6.23. The molecule has 0 unspecified atom stereocenters. The molecule has 0 aliphatic rings. The van der Waals surface area contributed by atoms with Crippen molar-refractivity contribution >= 4 is 29.6 Å². The van der Waals surface area contributed by atoms with Crippen LogP contribution in [0.15, 0.2) is 54.6 Å². The minimum atomic E-state index is -4.60. The van der Waals surface area contributed by atoms with Gasteiger partial charge in [-0.15, -0.1) is 0 Å². The standard InChI is InChI=1S/C20H17ClF3NO3/c1-28-19(27)12-17(14-5-3-2-4-6-14)25-18(26)10-8-13-7-9-16(21)15(11-13)20(22,23)24/h2-11,17H,12H2,1H3,(H,25,26)/b10-8+/t17-/m1/s1. The molecule has 8 heteroatoms. The van der Waals surface area contributed by atoms with E-state index in [9.17, 15) is 22.8 Å². The Labute approximate surface area is 165 Å². The highest BCUT2D eigenvalue weighted by atomic mass is 35.5. The number of hydrogen-bond donors (Lipinski definition) is 1. The highest BCUT2D eigenvalue weighted by Crippen LogP contribution is 2.35. The van der Waals surface area contributed by atoms with Gasteiger partial charge in [0.1, 0.15) is 0 Å². The molecule has 1 atom stereocenters. The third-order valence-electron chi connectivity index (χ3n) is 3.84. The van der Waals surface area contributed by atoms with E-state index in [1.54, 1.807) is 30.3 Å².